The number of ketones is 1. The van der Waals surface area contributed by atoms with Crippen molar-refractivity contribution in [1.82, 2.24) is 0 Å². The molecule has 0 radical (unpaired) electrons. The van der Waals surface area contributed by atoms with E-state index in [-0.39, 0.29) is 5.78 Å². The van der Waals surface area contributed by atoms with Crippen LogP contribution in [0.3, 0.4) is 0 Å². The number of carbonyl (C=O) groups is 1. The van der Waals surface area contributed by atoms with E-state index in [4.69, 9.17) is 16.0 Å². The summed E-state index contributed by atoms with van der Waals surface area (Å²) in [7, 11) is 0. The second-order valence-electron chi connectivity index (χ2n) is 5.50. The number of furan rings is 1. The lowest BCUT2D eigenvalue weighted by Gasteiger charge is -2.04. The van der Waals surface area contributed by atoms with E-state index in [0.29, 0.717) is 21.9 Å². The second-order valence-corrected chi connectivity index (χ2v) is 5.94. The molecule has 2 nitrogen and oxygen atoms in total. The molecule has 0 N–H and O–H groups in total. The third kappa shape index (κ3) is 2.51. The Morgan fingerprint density at radius 3 is 2.21 bits per heavy atom. The van der Waals surface area contributed by atoms with Crippen LogP contribution in [0.2, 0.25) is 5.02 Å². The summed E-state index contributed by atoms with van der Waals surface area (Å²) < 4.78 is 5.92. The highest BCUT2D eigenvalue weighted by Crippen LogP contribution is 2.36. The standard InChI is InChI=1S/C21H13ClO2/c22-16-12-10-14(11-13-16)19-17-8-4-5-9-18(17)24-21(19)20(23)15-6-2-1-3-7-15/h1-13H. The Bertz CT molecular complexity index is 1010. The van der Waals surface area contributed by atoms with Crippen molar-refractivity contribution in [2.75, 3.05) is 0 Å². The Hall–Kier alpha value is -2.84. The molecule has 1 aromatic heterocycles. The van der Waals surface area contributed by atoms with Crippen molar-refractivity contribution in [3.63, 3.8) is 0 Å². The van der Waals surface area contributed by atoms with E-state index in [1.165, 1.54) is 0 Å². The third-order valence-electron chi connectivity index (χ3n) is 3.97. The molecule has 0 bridgehead atoms. The quantitative estimate of drug-likeness (QED) is 0.432. The van der Waals surface area contributed by atoms with E-state index in [1.807, 2.05) is 66.7 Å². The summed E-state index contributed by atoms with van der Waals surface area (Å²) in [6, 6.07) is 24.3. The van der Waals surface area contributed by atoms with Crippen LogP contribution in [-0.2, 0) is 0 Å². The van der Waals surface area contributed by atoms with E-state index in [1.54, 1.807) is 12.1 Å². The molecule has 0 aliphatic rings. The Morgan fingerprint density at radius 1 is 0.792 bits per heavy atom. The van der Waals surface area contributed by atoms with Gasteiger partial charge in [-0.05, 0) is 23.8 Å². The lowest BCUT2D eigenvalue weighted by Crippen LogP contribution is -2.01. The molecule has 116 valence electrons. The van der Waals surface area contributed by atoms with Crippen molar-refractivity contribution in [2.24, 2.45) is 0 Å². The normalized spacial score (nSPS) is 10.9. The van der Waals surface area contributed by atoms with Gasteiger partial charge in [-0.2, -0.15) is 0 Å². The van der Waals surface area contributed by atoms with Crippen LogP contribution in [0.4, 0.5) is 0 Å². The fourth-order valence-corrected chi connectivity index (χ4v) is 2.96. The minimum absolute atomic E-state index is 0.128. The van der Waals surface area contributed by atoms with Crippen LogP contribution in [0.1, 0.15) is 16.1 Å². The summed E-state index contributed by atoms with van der Waals surface area (Å²) in [4.78, 5) is 13.0. The van der Waals surface area contributed by atoms with Crippen molar-refractivity contribution >= 4 is 28.4 Å². The molecule has 4 rings (SSSR count). The predicted molar refractivity (Wildman–Crippen MR) is 96.5 cm³/mol. The highest BCUT2D eigenvalue weighted by molar-refractivity contribution is 6.30. The number of carbonyl (C=O) groups excluding carboxylic acids is 1. The molecule has 0 saturated heterocycles. The highest BCUT2D eigenvalue weighted by Gasteiger charge is 2.22. The molecule has 4 aromatic rings. The smallest absolute Gasteiger partial charge is 0.228 e. The third-order valence-corrected chi connectivity index (χ3v) is 4.22. The van der Waals surface area contributed by atoms with Gasteiger partial charge in [0.05, 0.1) is 0 Å². The number of halogens is 1. The van der Waals surface area contributed by atoms with E-state index < -0.39 is 0 Å². The first-order valence-corrected chi connectivity index (χ1v) is 7.99. The molecule has 3 aromatic carbocycles. The summed E-state index contributed by atoms with van der Waals surface area (Å²) in [5.74, 6) is 0.224. The zero-order valence-corrected chi connectivity index (χ0v) is 13.5. The monoisotopic (exact) mass is 332 g/mol. The number of rotatable bonds is 3. The van der Waals surface area contributed by atoms with Gasteiger partial charge in [0.25, 0.3) is 0 Å². The van der Waals surface area contributed by atoms with Crippen LogP contribution in [-0.4, -0.2) is 5.78 Å². The number of para-hydroxylation sites is 1. The van der Waals surface area contributed by atoms with Gasteiger partial charge >= 0.3 is 0 Å². The molecule has 0 amide bonds. The highest BCUT2D eigenvalue weighted by atomic mass is 35.5. The van der Waals surface area contributed by atoms with Gasteiger partial charge in [-0.15, -0.1) is 0 Å². The van der Waals surface area contributed by atoms with Crippen LogP contribution in [0.25, 0.3) is 22.1 Å². The maximum atomic E-state index is 13.0. The molecule has 1 heterocycles. The average molecular weight is 333 g/mol. The van der Waals surface area contributed by atoms with Crippen LogP contribution >= 0.6 is 11.6 Å². The van der Waals surface area contributed by atoms with Gasteiger partial charge in [-0.3, -0.25) is 4.79 Å². The fraction of sp³-hybridized carbons (Fsp3) is 0. The second kappa shape index (κ2) is 5.99. The Morgan fingerprint density at radius 2 is 1.46 bits per heavy atom. The number of benzene rings is 3. The lowest BCUT2D eigenvalue weighted by atomic mass is 9.98. The zero-order valence-electron chi connectivity index (χ0n) is 12.7. The molecule has 0 atom stereocenters. The molecule has 0 fully saturated rings. The van der Waals surface area contributed by atoms with Crippen molar-refractivity contribution in [3.8, 4) is 11.1 Å². The number of hydrogen-bond donors (Lipinski definition) is 0. The molecule has 0 aliphatic carbocycles. The zero-order chi connectivity index (χ0) is 16.5. The SMILES string of the molecule is O=C(c1ccccc1)c1oc2ccccc2c1-c1ccc(Cl)cc1. The Balaban J connectivity index is 1.97. The molecule has 0 spiro atoms. The van der Waals surface area contributed by atoms with Crippen molar-refractivity contribution in [3.05, 3.63) is 95.2 Å². The average Bonchev–Trinajstić information content (AvgIpc) is 3.02. The van der Waals surface area contributed by atoms with Crippen molar-refractivity contribution < 1.29 is 9.21 Å². The van der Waals surface area contributed by atoms with Crippen molar-refractivity contribution in [1.29, 1.82) is 0 Å². The lowest BCUT2D eigenvalue weighted by molar-refractivity contribution is 0.101. The summed E-state index contributed by atoms with van der Waals surface area (Å²) in [6.07, 6.45) is 0. The topological polar surface area (TPSA) is 30.2 Å². The summed E-state index contributed by atoms with van der Waals surface area (Å²) in [6.45, 7) is 0. The van der Waals surface area contributed by atoms with Crippen LogP contribution < -0.4 is 0 Å². The van der Waals surface area contributed by atoms with Gasteiger partial charge in [-0.25, -0.2) is 0 Å². The van der Waals surface area contributed by atoms with E-state index >= 15 is 0 Å². The molecule has 0 saturated carbocycles. The minimum Gasteiger partial charge on any atom is -0.452 e. The van der Waals surface area contributed by atoms with E-state index in [2.05, 4.69) is 0 Å². The van der Waals surface area contributed by atoms with Gasteiger partial charge in [0.15, 0.2) is 5.76 Å². The van der Waals surface area contributed by atoms with E-state index in [0.717, 1.165) is 16.5 Å². The Kier molecular flexibility index (Phi) is 3.68. The summed E-state index contributed by atoms with van der Waals surface area (Å²) >= 11 is 6.00. The Labute approximate surface area is 144 Å². The van der Waals surface area contributed by atoms with Crippen molar-refractivity contribution in [2.45, 2.75) is 0 Å². The molecule has 3 heteroatoms. The van der Waals surface area contributed by atoms with Crippen LogP contribution in [0, 0.1) is 0 Å². The van der Waals surface area contributed by atoms with Gasteiger partial charge in [0.1, 0.15) is 5.58 Å². The number of fused-ring (bicyclic) bond motifs is 1. The van der Waals surface area contributed by atoms with Gasteiger partial charge in [0.2, 0.25) is 5.78 Å². The van der Waals surface area contributed by atoms with Gasteiger partial charge in [0, 0.05) is 21.5 Å². The summed E-state index contributed by atoms with van der Waals surface area (Å²) in [5.41, 5.74) is 3.01. The largest absolute Gasteiger partial charge is 0.452 e. The first kappa shape index (κ1) is 14.7. The fourth-order valence-electron chi connectivity index (χ4n) is 2.83. The summed E-state index contributed by atoms with van der Waals surface area (Å²) in [5, 5.41) is 1.57. The molecule has 24 heavy (non-hydrogen) atoms. The molecular weight excluding hydrogens is 320 g/mol. The van der Waals surface area contributed by atoms with Crippen LogP contribution in [0.15, 0.2) is 83.3 Å². The maximum Gasteiger partial charge on any atom is 0.228 e. The molecule has 0 unspecified atom stereocenters. The first-order valence-electron chi connectivity index (χ1n) is 7.61. The van der Waals surface area contributed by atoms with Gasteiger partial charge < -0.3 is 4.42 Å². The first-order chi connectivity index (χ1) is 11.7. The molecular formula is C21H13ClO2. The van der Waals surface area contributed by atoms with E-state index in [9.17, 15) is 4.79 Å². The van der Waals surface area contributed by atoms with Gasteiger partial charge in [-0.1, -0.05) is 72.3 Å². The minimum atomic E-state index is -0.128. The van der Waals surface area contributed by atoms with Crippen LogP contribution in [0.5, 0.6) is 0 Å². The maximum absolute atomic E-state index is 13.0. The number of hydrogen-bond acceptors (Lipinski definition) is 2. The predicted octanol–water partition coefficient (Wildman–Crippen LogP) is 5.98. The molecule has 0 aliphatic heterocycles.